The van der Waals surface area contributed by atoms with Crippen LogP contribution in [0, 0.1) is 17.0 Å². The molecule has 0 bridgehead atoms. The normalized spacial score (nSPS) is 15.8. The Morgan fingerprint density at radius 1 is 1.21 bits per heavy atom. The standard InChI is InChI=1S/C16H19NO6S/c1-10-8-13(12(17(20)21)9-11(10)14(18)22-2)24-16(15(19)23-3)6-4-5-7-16/h8-9H,4-7H2,1-3H3. The van der Waals surface area contributed by atoms with Gasteiger partial charge in [0.05, 0.1) is 29.6 Å². The van der Waals surface area contributed by atoms with Gasteiger partial charge in [-0.3, -0.25) is 14.9 Å². The third-order valence-electron chi connectivity index (χ3n) is 4.18. The predicted molar refractivity (Wildman–Crippen MR) is 88.2 cm³/mol. The van der Waals surface area contributed by atoms with Crippen LogP contribution in [-0.4, -0.2) is 35.8 Å². The Bertz CT molecular complexity index is 681. The zero-order chi connectivity index (χ0) is 17.9. The number of ether oxygens (including phenoxy) is 2. The molecule has 2 rings (SSSR count). The van der Waals surface area contributed by atoms with Crippen LogP contribution in [-0.2, 0) is 14.3 Å². The molecule has 1 aromatic rings. The van der Waals surface area contributed by atoms with E-state index in [1.165, 1.54) is 20.3 Å². The van der Waals surface area contributed by atoms with Gasteiger partial charge in [0, 0.05) is 6.07 Å². The maximum atomic E-state index is 12.2. The molecule has 1 aliphatic rings. The van der Waals surface area contributed by atoms with E-state index in [-0.39, 0.29) is 17.2 Å². The minimum absolute atomic E-state index is 0.145. The van der Waals surface area contributed by atoms with Crippen molar-refractivity contribution in [2.45, 2.75) is 42.2 Å². The molecule has 0 amide bonds. The van der Waals surface area contributed by atoms with E-state index in [4.69, 9.17) is 4.74 Å². The van der Waals surface area contributed by atoms with Gasteiger partial charge in [-0.05, 0) is 31.4 Å². The van der Waals surface area contributed by atoms with Crippen LogP contribution in [0.4, 0.5) is 5.69 Å². The van der Waals surface area contributed by atoms with Crippen molar-refractivity contribution < 1.29 is 24.0 Å². The number of esters is 2. The lowest BCUT2D eigenvalue weighted by Crippen LogP contribution is -2.33. The number of hydrogen-bond acceptors (Lipinski definition) is 7. The van der Waals surface area contributed by atoms with Crippen LogP contribution >= 0.6 is 11.8 Å². The van der Waals surface area contributed by atoms with Gasteiger partial charge in [-0.1, -0.05) is 12.8 Å². The summed E-state index contributed by atoms with van der Waals surface area (Å²) in [6.45, 7) is 1.68. The van der Waals surface area contributed by atoms with Gasteiger partial charge in [-0.25, -0.2) is 4.79 Å². The Balaban J connectivity index is 2.49. The number of methoxy groups -OCH3 is 2. The molecule has 0 saturated heterocycles. The zero-order valence-electron chi connectivity index (χ0n) is 13.8. The molecular weight excluding hydrogens is 334 g/mol. The SMILES string of the molecule is COC(=O)c1cc([N+](=O)[O-])c(SC2(C(=O)OC)CCCC2)cc1C. The van der Waals surface area contributed by atoms with Crippen LogP contribution in [0.5, 0.6) is 0 Å². The quantitative estimate of drug-likeness (QED) is 0.455. The summed E-state index contributed by atoms with van der Waals surface area (Å²) in [6, 6.07) is 2.78. The summed E-state index contributed by atoms with van der Waals surface area (Å²) in [6.07, 6.45) is 2.96. The lowest BCUT2D eigenvalue weighted by Gasteiger charge is -2.25. The molecule has 1 aromatic carbocycles. The monoisotopic (exact) mass is 353 g/mol. The highest BCUT2D eigenvalue weighted by Gasteiger charge is 2.44. The van der Waals surface area contributed by atoms with Crippen molar-refractivity contribution in [3.05, 3.63) is 33.4 Å². The summed E-state index contributed by atoms with van der Waals surface area (Å²) in [7, 11) is 2.55. The first-order valence-electron chi connectivity index (χ1n) is 7.49. The summed E-state index contributed by atoms with van der Waals surface area (Å²) in [5, 5.41) is 11.4. The third-order valence-corrected chi connectivity index (χ3v) is 5.69. The zero-order valence-corrected chi connectivity index (χ0v) is 14.6. The van der Waals surface area contributed by atoms with Crippen LogP contribution in [0.3, 0.4) is 0 Å². The Kier molecular flexibility index (Phi) is 5.48. The van der Waals surface area contributed by atoms with Crippen molar-refractivity contribution >= 4 is 29.4 Å². The highest BCUT2D eigenvalue weighted by molar-refractivity contribution is 8.01. The summed E-state index contributed by atoms with van der Waals surface area (Å²) >= 11 is 1.16. The van der Waals surface area contributed by atoms with Crippen molar-refractivity contribution in [3.63, 3.8) is 0 Å². The van der Waals surface area contributed by atoms with Gasteiger partial charge in [0.1, 0.15) is 4.75 Å². The number of carbonyl (C=O) groups is 2. The summed E-state index contributed by atoms with van der Waals surface area (Å²) < 4.78 is 8.77. The number of nitrogens with zero attached hydrogens (tertiary/aromatic N) is 1. The maximum absolute atomic E-state index is 12.2. The highest BCUT2D eigenvalue weighted by Crippen LogP contribution is 2.48. The van der Waals surface area contributed by atoms with E-state index >= 15 is 0 Å². The molecule has 0 aromatic heterocycles. The molecule has 1 aliphatic carbocycles. The number of nitro benzene ring substituents is 1. The Hall–Kier alpha value is -2.09. The van der Waals surface area contributed by atoms with Crippen LogP contribution in [0.15, 0.2) is 17.0 Å². The molecule has 24 heavy (non-hydrogen) atoms. The van der Waals surface area contributed by atoms with E-state index in [1.807, 2.05) is 0 Å². The molecule has 0 aliphatic heterocycles. The van der Waals surface area contributed by atoms with Gasteiger partial charge in [0.2, 0.25) is 0 Å². The van der Waals surface area contributed by atoms with Gasteiger partial charge >= 0.3 is 11.9 Å². The van der Waals surface area contributed by atoms with Crippen molar-refractivity contribution in [3.8, 4) is 0 Å². The number of carbonyl (C=O) groups excluding carboxylic acids is 2. The van der Waals surface area contributed by atoms with E-state index in [0.29, 0.717) is 23.3 Å². The number of benzene rings is 1. The molecule has 1 saturated carbocycles. The molecule has 0 unspecified atom stereocenters. The van der Waals surface area contributed by atoms with Crippen molar-refractivity contribution in [2.24, 2.45) is 0 Å². The smallest absolute Gasteiger partial charge is 0.338 e. The number of rotatable bonds is 5. The fourth-order valence-corrected chi connectivity index (χ4v) is 4.47. The van der Waals surface area contributed by atoms with Gasteiger partial charge < -0.3 is 9.47 Å². The predicted octanol–water partition coefficient (Wildman–Crippen LogP) is 3.27. The molecule has 7 nitrogen and oxygen atoms in total. The van der Waals surface area contributed by atoms with E-state index in [0.717, 1.165) is 24.6 Å². The Morgan fingerprint density at radius 3 is 2.33 bits per heavy atom. The summed E-state index contributed by atoms with van der Waals surface area (Å²) in [5.74, 6) is -0.996. The molecule has 130 valence electrons. The molecule has 0 spiro atoms. The largest absolute Gasteiger partial charge is 0.468 e. The average Bonchev–Trinajstić information content (AvgIpc) is 3.02. The van der Waals surface area contributed by atoms with Gasteiger partial charge in [0.15, 0.2) is 0 Å². The van der Waals surface area contributed by atoms with Crippen LogP contribution < -0.4 is 0 Å². The molecule has 1 fully saturated rings. The maximum Gasteiger partial charge on any atom is 0.338 e. The number of hydrogen-bond donors (Lipinski definition) is 0. The van der Waals surface area contributed by atoms with E-state index in [9.17, 15) is 19.7 Å². The third kappa shape index (κ3) is 3.38. The second kappa shape index (κ2) is 7.21. The molecule has 0 atom stereocenters. The van der Waals surface area contributed by atoms with Crippen molar-refractivity contribution in [1.82, 2.24) is 0 Å². The average molecular weight is 353 g/mol. The first kappa shape index (κ1) is 18.3. The Morgan fingerprint density at radius 2 is 1.83 bits per heavy atom. The van der Waals surface area contributed by atoms with Crippen LogP contribution in [0.1, 0.15) is 41.6 Å². The minimum atomic E-state index is -0.807. The summed E-state index contributed by atoms with van der Waals surface area (Å²) in [4.78, 5) is 35.2. The van der Waals surface area contributed by atoms with E-state index < -0.39 is 15.6 Å². The Labute approximate surface area is 143 Å². The fraction of sp³-hybridized carbons (Fsp3) is 0.500. The lowest BCUT2D eigenvalue weighted by atomic mass is 10.1. The molecule has 0 heterocycles. The van der Waals surface area contributed by atoms with Crippen molar-refractivity contribution in [1.29, 1.82) is 0 Å². The number of aryl methyl sites for hydroxylation is 1. The van der Waals surface area contributed by atoms with Crippen molar-refractivity contribution in [2.75, 3.05) is 14.2 Å². The van der Waals surface area contributed by atoms with Crippen LogP contribution in [0.2, 0.25) is 0 Å². The van der Waals surface area contributed by atoms with E-state index in [1.54, 1.807) is 13.0 Å². The second-order valence-corrected chi connectivity index (χ2v) is 7.10. The fourth-order valence-electron chi connectivity index (χ4n) is 2.91. The number of nitro groups is 1. The van der Waals surface area contributed by atoms with Crippen LogP contribution in [0.25, 0.3) is 0 Å². The number of thioether (sulfide) groups is 1. The van der Waals surface area contributed by atoms with Gasteiger partial charge in [-0.15, -0.1) is 11.8 Å². The van der Waals surface area contributed by atoms with Gasteiger partial charge in [-0.2, -0.15) is 0 Å². The molecule has 0 radical (unpaired) electrons. The topological polar surface area (TPSA) is 95.7 Å². The first-order valence-corrected chi connectivity index (χ1v) is 8.31. The minimum Gasteiger partial charge on any atom is -0.468 e. The first-order chi connectivity index (χ1) is 11.3. The summed E-state index contributed by atoms with van der Waals surface area (Å²) in [5.41, 5.74) is 0.501. The second-order valence-electron chi connectivity index (χ2n) is 5.68. The highest BCUT2D eigenvalue weighted by atomic mass is 32.2. The molecule has 8 heteroatoms. The van der Waals surface area contributed by atoms with E-state index in [2.05, 4.69) is 4.74 Å². The molecular formula is C16H19NO6S. The van der Waals surface area contributed by atoms with Gasteiger partial charge in [0.25, 0.3) is 5.69 Å². The molecule has 0 N–H and O–H groups in total. The lowest BCUT2D eigenvalue weighted by molar-refractivity contribution is -0.387.